The van der Waals surface area contributed by atoms with E-state index in [0.29, 0.717) is 0 Å². The van der Waals surface area contributed by atoms with Crippen LogP contribution in [0.25, 0.3) is 0 Å². The van der Waals surface area contributed by atoms with Crippen LogP contribution < -0.4 is 5.43 Å². The van der Waals surface area contributed by atoms with Crippen LogP contribution in [0.2, 0.25) is 5.02 Å². The lowest BCUT2D eigenvalue weighted by molar-refractivity contribution is 1.34. The van der Waals surface area contributed by atoms with Crippen molar-refractivity contribution in [1.82, 2.24) is 0 Å². The van der Waals surface area contributed by atoms with Crippen molar-refractivity contribution in [2.24, 2.45) is 5.10 Å². The fourth-order valence-electron chi connectivity index (χ4n) is 1.43. The number of anilines is 1. The molecule has 0 spiro atoms. The minimum atomic E-state index is 0.721. The number of nitrogens with zero attached hydrogens (tertiary/aromatic N) is 1. The number of rotatable bonds is 3. The summed E-state index contributed by atoms with van der Waals surface area (Å²) in [6.45, 7) is 2.06. The molecule has 1 N–H and O–H groups in total. The highest BCUT2D eigenvalue weighted by Gasteiger charge is 1.92. The summed E-state index contributed by atoms with van der Waals surface area (Å²) in [6.07, 6.45) is 1.81. The monoisotopic (exact) mass is 244 g/mol. The number of hydrogen-bond donors (Lipinski definition) is 1. The Labute approximate surface area is 106 Å². The molecular weight excluding hydrogens is 232 g/mol. The van der Waals surface area contributed by atoms with Gasteiger partial charge >= 0.3 is 0 Å². The molecule has 17 heavy (non-hydrogen) atoms. The number of benzene rings is 2. The Morgan fingerprint density at radius 3 is 2.47 bits per heavy atom. The Kier molecular flexibility index (Phi) is 3.78. The van der Waals surface area contributed by atoms with Crippen LogP contribution in [0.15, 0.2) is 53.6 Å². The molecule has 2 rings (SSSR count). The van der Waals surface area contributed by atoms with Crippen molar-refractivity contribution in [3.05, 3.63) is 64.7 Å². The highest BCUT2D eigenvalue weighted by atomic mass is 35.5. The number of hydrazone groups is 1. The average Bonchev–Trinajstić information content (AvgIpc) is 2.34. The molecule has 0 atom stereocenters. The molecule has 0 amide bonds. The van der Waals surface area contributed by atoms with Crippen molar-refractivity contribution >= 4 is 23.5 Å². The highest BCUT2D eigenvalue weighted by Crippen LogP contribution is 2.13. The fraction of sp³-hybridized carbons (Fsp3) is 0.0714. The molecule has 0 aromatic heterocycles. The van der Waals surface area contributed by atoms with Crippen LogP contribution in [0.5, 0.6) is 0 Å². The Morgan fingerprint density at radius 2 is 1.76 bits per heavy atom. The minimum absolute atomic E-state index is 0.721. The molecular formula is C14H13ClN2. The Hall–Kier alpha value is -1.80. The van der Waals surface area contributed by atoms with Crippen LogP contribution in [-0.2, 0) is 0 Å². The molecule has 0 fully saturated rings. The molecule has 0 aliphatic carbocycles. The smallest absolute Gasteiger partial charge is 0.0562 e. The first kappa shape index (κ1) is 11.7. The van der Waals surface area contributed by atoms with Crippen molar-refractivity contribution < 1.29 is 0 Å². The summed E-state index contributed by atoms with van der Waals surface area (Å²) >= 11 is 5.80. The first-order valence-corrected chi connectivity index (χ1v) is 5.74. The van der Waals surface area contributed by atoms with E-state index in [1.54, 1.807) is 0 Å². The summed E-state index contributed by atoms with van der Waals surface area (Å²) in [5.41, 5.74) is 6.18. The van der Waals surface area contributed by atoms with Gasteiger partial charge in [-0.2, -0.15) is 5.10 Å². The van der Waals surface area contributed by atoms with E-state index in [2.05, 4.69) is 23.5 Å². The first-order valence-electron chi connectivity index (χ1n) is 5.36. The van der Waals surface area contributed by atoms with Crippen LogP contribution in [0.4, 0.5) is 5.69 Å². The molecule has 2 nitrogen and oxygen atoms in total. The predicted molar refractivity (Wildman–Crippen MR) is 73.8 cm³/mol. The minimum Gasteiger partial charge on any atom is -0.279 e. The van der Waals surface area contributed by atoms with E-state index in [4.69, 9.17) is 11.6 Å². The largest absolute Gasteiger partial charge is 0.279 e. The SMILES string of the molecule is Cc1ccccc1/C=N\Nc1ccc(Cl)cc1. The maximum atomic E-state index is 5.80. The van der Waals surface area contributed by atoms with Crippen molar-refractivity contribution in [3.8, 4) is 0 Å². The van der Waals surface area contributed by atoms with Crippen molar-refractivity contribution in [3.63, 3.8) is 0 Å². The third kappa shape index (κ3) is 3.33. The van der Waals surface area contributed by atoms with Gasteiger partial charge in [0.15, 0.2) is 0 Å². The van der Waals surface area contributed by atoms with E-state index >= 15 is 0 Å². The molecule has 2 aromatic carbocycles. The van der Waals surface area contributed by atoms with Gasteiger partial charge < -0.3 is 0 Å². The lowest BCUT2D eigenvalue weighted by Gasteiger charge is -2.01. The van der Waals surface area contributed by atoms with Crippen LogP contribution >= 0.6 is 11.6 Å². The Balaban J connectivity index is 2.03. The van der Waals surface area contributed by atoms with E-state index in [0.717, 1.165) is 16.3 Å². The van der Waals surface area contributed by atoms with Gasteiger partial charge in [-0.15, -0.1) is 0 Å². The van der Waals surface area contributed by atoms with Gasteiger partial charge in [0.25, 0.3) is 0 Å². The standard InChI is InChI=1S/C14H13ClN2/c1-11-4-2-3-5-12(11)10-16-17-14-8-6-13(15)7-9-14/h2-10,17H,1H3/b16-10-. The van der Waals surface area contributed by atoms with Gasteiger partial charge in [0.05, 0.1) is 11.9 Å². The first-order chi connectivity index (χ1) is 8.25. The zero-order chi connectivity index (χ0) is 12.1. The van der Waals surface area contributed by atoms with Crippen LogP contribution in [0.1, 0.15) is 11.1 Å². The molecule has 0 unspecified atom stereocenters. The van der Waals surface area contributed by atoms with Gasteiger partial charge in [-0.3, -0.25) is 5.43 Å². The summed E-state index contributed by atoms with van der Waals surface area (Å²) in [7, 11) is 0. The van der Waals surface area contributed by atoms with E-state index in [1.165, 1.54) is 5.56 Å². The van der Waals surface area contributed by atoms with E-state index in [-0.39, 0.29) is 0 Å². The Bertz CT molecular complexity index is 518. The molecule has 0 saturated carbocycles. The van der Waals surface area contributed by atoms with Gasteiger partial charge in [-0.1, -0.05) is 35.9 Å². The quantitative estimate of drug-likeness (QED) is 0.638. The molecule has 0 bridgehead atoms. The zero-order valence-electron chi connectivity index (χ0n) is 9.52. The van der Waals surface area contributed by atoms with Gasteiger partial charge in [0.1, 0.15) is 0 Å². The highest BCUT2D eigenvalue weighted by molar-refractivity contribution is 6.30. The molecule has 3 heteroatoms. The van der Waals surface area contributed by atoms with E-state index in [1.807, 2.05) is 48.7 Å². The molecule has 0 heterocycles. The van der Waals surface area contributed by atoms with Crippen molar-refractivity contribution in [1.29, 1.82) is 0 Å². The number of halogens is 1. The lowest BCUT2D eigenvalue weighted by atomic mass is 10.1. The summed E-state index contributed by atoms with van der Waals surface area (Å²) in [4.78, 5) is 0. The number of nitrogens with one attached hydrogen (secondary N) is 1. The van der Waals surface area contributed by atoms with Gasteiger partial charge in [0.2, 0.25) is 0 Å². The second kappa shape index (κ2) is 5.51. The molecule has 2 aromatic rings. The lowest BCUT2D eigenvalue weighted by Crippen LogP contribution is -1.91. The zero-order valence-corrected chi connectivity index (χ0v) is 10.3. The molecule has 0 saturated heterocycles. The van der Waals surface area contributed by atoms with Crippen LogP contribution in [-0.4, -0.2) is 6.21 Å². The second-order valence-electron chi connectivity index (χ2n) is 3.73. The summed E-state index contributed by atoms with van der Waals surface area (Å²) in [5, 5.41) is 4.91. The van der Waals surface area contributed by atoms with E-state index in [9.17, 15) is 0 Å². The van der Waals surface area contributed by atoms with Crippen LogP contribution in [0.3, 0.4) is 0 Å². The van der Waals surface area contributed by atoms with Gasteiger partial charge in [-0.05, 0) is 42.3 Å². The third-order valence-electron chi connectivity index (χ3n) is 2.43. The summed E-state index contributed by atoms with van der Waals surface area (Å²) in [6, 6.07) is 15.5. The summed E-state index contributed by atoms with van der Waals surface area (Å²) in [5.74, 6) is 0. The Morgan fingerprint density at radius 1 is 1.06 bits per heavy atom. The third-order valence-corrected chi connectivity index (χ3v) is 2.68. The molecule has 0 radical (unpaired) electrons. The van der Waals surface area contributed by atoms with Crippen LogP contribution in [0, 0.1) is 6.92 Å². The predicted octanol–water partition coefficient (Wildman–Crippen LogP) is 4.09. The average molecular weight is 245 g/mol. The number of hydrogen-bond acceptors (Lipinski definition) is 2. The number of aryl methyl sites for hydroxylation is 1. The fourth-order valence-corrected chi connectivity index (χ4v) is 1.56. The normalized spacial score (nSPS) is 10.7. The maximum Gasteiger partial charge on any atom is 0.0562 e. The molecule has 86 valence electrons. The molecule has 0 aliphatic rings. The van der Waals surface area contributed by atoms with Gasteiger partial charge in [-0.25, -0.2) is 0 Å². The van der Waals surface area contributed by atoms with Gasteiger partial charge in [0, 0.05) is 5.02 Å². The topological polar surface area (TPSA) is 24.4 Å². The van der Waals surface area contributed by atoms with E-state index < -0.39 is 0 Å². The van der Waals surface area contributed by atoms with Crippen molar-refractivity contribution in [2.45, 2.75) is 6.92 Å². The second-order valence-corrected chi connectivity index (χ2v) is 4.17. The maximum absolute atomic E-state index is 5.80. The molecule has 0 aliphatic heterocycles. The van der Waals surface area contributed by atoms with Crippen molar-refractivity contribution in [2.75, 3.05) is 5.43 Å². The summed E-state index contributed by atoms with van der Waals surface area (Å²) < 4.78 is 0.